The van der Waals surface area contributed by atoms with Crippen molar-refractivity contribution in [1.82, 2.24) is 5.32 Å². The normalized spacial score (nSPS) is 10.2. The van der Waals surface area contributed by atoms with Crippen LogP contribution >= 0.6 is 0 Å². The Morgan fingerprint density at radius 1 is 1.29 bits per heavy atom. The maximum Gasteiger partial charge on any atom is 0.224 e. The Balaban J connectivity index is 1.96. The van der Waals surface area contributed by atoms with Crippen LogP contribution in [-0.2, 0) is 17.8 Å². The van der Waals surface area contributed by atoms with Crippen molar-refractivity contribution in [3.8, 4) is 5.75 Å². The molecule has 2 aromatic carbocycles. The van der Waals surface area contributed by atoms with Crippen LogP contribution in [0.2, 0.25) is 0 Å². The number of carbonyl (C=O) groups excluding carboxylic acids is 1. The fraction of sp³-hybridized carbons (Fsp3) is 0.188. The van der Waals surface area contributed by atoms with E-state index in [0.717, 1.165) is 5.56 Å². The van der Waals surface area contributed by atoms with Crippen molar-refractivity contribution in [3.63, 3.8) is 0 Å². The third kappa shape index (κ3) is 4.21. The third-order valence-corrected chi connectivity index (χ3v) is 3.03. The summed E-state index contributed by atoms with van der Waals surface area (Å²) in [5, 5.41) is 2.77. The summed E-state index contributed by atoms with van der Waals surface area (Å²) < 4.78 is 18.3. The molecule has 0 aliphatic carbocycles. The van der Waals surface area contributed by atoms with Crippen LogP contribution in [0.5, 0.6) is 5.75 Å². The first kappa shape index (κ1) is 14.8. The lowest BCUT2D eigenvalue weighted by Crippen LogP contribution is -2.24. The summed E-state index contributed by atoms with van der Waals surface area (Å²) in [7, 11) is 1.56. The Bertz CT molecular complexity index is 644. The lowest BCUT2D eigenvalue weighted by Gasteiger charge is -2.10. The van der Waals surface area contributed by atoms with Crippen LogP contribution in [0.3, 0.4) is 0 Å². The van der Waals surface area contributed by atoms with Crippen LogP contribution in [0.15, 0.2) is 42.5 Å². The van der Waals surface area contributed by atoms with E-state index in [1.165, 1.54) is 12.1 Å². The molecule has 0 aliphatic heterocycles. The number of nitrogen functional groups attached to an aromatic ring is 1. The number of benzene rings is 2. The number of amides is 1. The smallest absolute Gasteiger partial charge is 0.224 e. The number of carbonyl (C=O) groups is 1. The van der Waals surface area contributed by atoms with E-state index < -0.39 is 0 Å². The average Bonchev–Trinajstić information content (AvgIpc) is 2.45. The highest BCUT2D eigenvalue weighted by Gasteiger charge is 2.07. The van der Waals surface area contributed by atoms with Crippen molar-refractivity contribution < 1.29 is 13.9 Å². The monoisotopic (exact) mass is 288 g/mol. The number of hydrogen-bond donors (Lipinski definition) is 2. The summed E-state index contributed by atoms with van der Waals surface area (Å²) in [6, 6.07) is 11.2. The summed E-state index contributed by atoms with van der Waals surface area (Å²) in [4.78, 5) is 11.9. The molecule has 110 valence electrons. The van der Waals surface area contributed by atoms with Crippen molar-refractivity contribution in [2.24, 2.45) is 0 Å². The van der Waals surface area contributed by atoms with Gasteiger partial charge in [0.2, 0.25) is 5.91 Å². The first-order valence-electron chi connectivity index (χ1n) is 6.52. The molecule has 0 radical (unpaired) electrons. The minimum absolute atomic E-state index is 0.127. The minimum atomic E-state index is -0.349. The molecule has 0 saturated heterocycles. The molecule has 1 amide bonds. The van der Waals surface area contributed by atoms with Crippen molar-refractivity contribution >= 4 is 11.6 Å². The van der Waals surface area contributed by atoms with Gasteiger partial charge in [0.25, 0.3) is 0 Å². The highest BCUT2D eigenvalue weighted by molar-refractivity contribution is 5.78. The van der Waals surface area contributed by atoms with Gasteiger partial charge in [-0.25, -0.2) is 4.39 Å². The molecule has 0 fully saturated rings. The molecule has 0 heterocycles. The summed E-state index contributed by atoms with van der Waals surface area (Å²) in [5.74, 6) is 0.123. The molecule has 2 rings (SSSR count). The second-order valence-electron chi connectivity index (χ2n) is 4.65. The second kappa shape index (κ2) is 6.74. The molecule has 0 bridgehead atoms. The number of nitrogens with one attached hydrogen (secondary N) is 1. The van der Waals surface area contributed by atoms with Crippen LogP contribution < -0.4 is 15.8 Å². The summed E-state index contributed by atoms with van der Waals surface area (Å²) in [5.41, 5.74) is 7.75. The minimum Gasteiger partial charge on any atom is -0.496 e. The van der Waals surface area contributed by atoms with Gasteiger partial charge in [0.1, 0.15) is 11.6 Å². The van der Waals surface area contributed by atoms with Crippen LogP contribution in [0.4, 0.5) is 10.1 Å². The zero-order valence-electron chi connectivity index (χ0n) is 11.7. The zero-order chi connectivity index (χ0) is 15.2. The molecule has 0 aliphatic rings. The lowest BCUT2D eigenvalue weighted by atomic mass is 10.1. The van der Waals surface area contributed by atoms with E-state index in [1.807, 2.05) is 0 Å². The molecule has 3 N–H and O–H groups in total. The summed E-state index contributed by atoms with van der Waals surface area (Å²) >= 11 is 0. The highest BCUT2D eigenvalue weighted by Crippen LogP contribution is 2.20. The number of nitrogens with two attached hydrogens (primary N) is 1. The Morgan fingerprint density at radius 2 is 2.10 bits per heavy atom. The van der Waals surface area contributed by atoms with Gasteiger partial charge in [-0.1, -0.05) is 12.1 Å². The van der Waals surface area contributed by atoms with Crippen LogP contribution in [0, 0.1) is 5.82 Å². The van der Waals surface area contributed by atoms with Crippen LogP contribution in [-0.4, -0.2) is 13.0 Å². The van der Waals surface area contributed by atoms with E-state index >= 15 is 0 Å². The molecule has 5 heteroatoms. The summed E-state index contributed by atoms with van der Waals surface area (Å²) in [6.45, 7) is 0.308. The van der Waals surface area contributed by atoms with Gasteiger partial charge >= 0.3 is 0 Å². The number of rotatable bonds is 5. The van der Waals surface area contributed by atoms with Gasteiger partial charge in [0.05, 0.1) is 13.5 Å². The average molecular weight is 288 g/mol. The fourth-order valence-electron chi connectivity index (χ4n) is 2.03. The van der Waals surface area contributed by atoms with E-state index in [9.17, 15) is 9.18 Å². The SMILES string of the molecule is COc1ccc(N)cc1CNC(=O)Cc1cccc(F)c1. The van der Waals surface area contributed by atoms with Gasteiger partial charge in [-0.15, -0.1) is 0 Å². The Kier molecular flexibility index (Phi) is 4.77. The lowest BCUT2D eigenvalue weighted by molar-refractivity contribution is -0.120. The number of halogens is 1. The molecule has 0 spiro atoms. The zero-order valence-corrected chi connectivity index (χ0v) is 11.7. The first-order chi connectivity index (χ1) is 10.1. The molecule has 0 unspecified atom stereocenters. The highest BCUT2D eigenvalue weighted by atomic mass is 19.1. The Morgan fingerprint density at radius 3 is 2.81 bits per heavy atom. The molecule has 0 atom stereocenters. The second-order valence-corrected chi connectivity index (χ2v) is 4.65. The fourth-order valence-corrected chi connectivity index (χ4v) is 2.03. The van der Waals surface area contributed by atoms with E-state index in [4.69, 9.17) is 10.5 Å². The molecule has 4 nitrogen and oxygen atoms in total. The van der Waals surface area contributed by atoms with Gasteiger partial charge in [-0.2, -0.15) is 0 Å². The topological polar surface area (TPSA) is 64.3 Å². The maximum absolute atomic E-state index is 13.0. The quantitative estimate of drug-likeness (QED) is 0.830. The van der Waals surface area contributed by atoms with Crippen molar-refractivity contribution in [3.05, 3.63) is 59.4 Å². The largest absolute Gasteiger partial charge is 0.496 e. The van der Waals surface area contributed by atoms with Gasteiger partial charge in [0, 0.05) is 17.8 Å². The van der Waals surface area contributed by atoms with Gasteiger partial charge in [-0.3, -0.25) is 4.79 Å². The number of anilines is 1. The van der Waals surface area contributed by atoms with Crippen LogP contribution in [0.25, 0.3) is 0 Å². The standard InChI is InChI=1S/C16H17FN2O2/c1-21-15-6-5-14(18)9-12(15)10-19-16(20)8-11-3-2-4-13(17)7-11/h2-7,9H,8,10,18H2,1H3,(H,19,20). The van der Waals surface area contributed by atoms with Gasteiger partial charge in [0.15, 0.2) is 0 Å². The molecular formula is C16H17FN2O2. The van der Waals surface area contributed by atoms with Crippen molar-refractivity contribution in [1.29, 1.82) is 0 Å². The van der Waals surface area contributed by atoms with Crippen molar-refractivity contribution in [2.75, 3.05) is 12.8 Å². The predicted octanol–water partition coefficient (Wildman–Crippen LogP) is 2.28. The van der Waals surface area contributed by atoms with E-state index in [1.54, 1.807) is 37.4 Å². The molecule has 0 aromatic heterocycles. The van der Waals surface area contributed by atoms with Gasteiger partial charge < -0.3 is 15.8 Å². The number of methoxy groups -OCH3 is 1. The van der Waals surface area contributed by atoms with E-state index in [2.05, 4.69) is 5.32 Å². The Hall–Kier alpha value is -2.56. The third-order valence-electron chi connectivity index (χ3n) is 3.03. The maximum atomic E-state index is 13.0. The van der Waals surface area contributed by atoms with Crippen molar-refractivity contribution in [2.45, 2.75) is 13.0 Å². The molecular weight excluding hydrogens is 271 g/mol. The first-order valence-corrected chi connectivity index (χ1v) is 6.52. The molecule has 21 heavy (non-hydrogen) atoms. The molecule has 2 aromatic rings. The number of hydrogen-bond acceptors (Lipinski definition) is 3. The molecule has 0 saturated carbocycles. The van der Waals surface area contributed by atoms with E-state index in [-0.39, 0.29) is 18.1 Å². The van der Waals surface area contributed by atoms with Crippen LogP contribution in [0.1, 0.15) is 11.1 Å². The number of ether oxygens (including phenoxy) is 1. The summed E-state index contributed by atoms with van der Waals surface area (Å²) in [6.07, 6.45) is 0.127. The predicted molar refractivity (Wildman–Crippen MR) is 79.4 cm³/mol. The van der Waals surface area contributed by atoms with E-state index in [0.29, 0.717) is 23.5 Å². The Labute approximate surface area is 122 Å². The van der Waals surface area contributed by atoms with Gasteiger partial charge in [-0.05, 0) is 35.9 Å².